The Morgan fingerprint density at radius 3 is 1.63 bits per heavy atom. The molecule has 70 heavy (non-hydrogen) atoms. The quantitative estimate of drug-likeness (QED) is 0.135. The van der Waals surface area contributed by atoms with Crippen LogP contribution in [0.2, 0.25) is 0 Å². The van der Waals surface area contributed by atoms with Crippen LogP contribution in [0, 0.1) is 25.7 Å². The van der Waals surface area contributed by atoms with Crippen molar-refractivity contribution in [3.63, 3.8) is 0 Å². The van der Waals surface area contributed by atoms with Gasteiger partial charge >= 0.3 is 0 Å². The van der Waals surface area contributed by atoms with Gasteiger partial charge in [-0.3, -0.25) is 0 Å². The van der Waals surface area contributed by atoms with Gasteiger partial charge in [0.05, 0.1) is 33.4 Å². The van der Waals surface area contributed by atoms with Crippen LogP contribution in [0.1, 0.15) is 9.68 Å². The Morgan fingerprint density at radius 1 is 0.529 bits per heavy atom. The van der Waals surface area contributed by atoms with E-state index in [1.165, 1.54) is 0 Å². The fraction of sp³-hybridized carbons (Fsp3) is 0.0323. The number of aryl methyl sites for hydroxylation is 1. The normalized spacial score (nSPS) is 13.0. The van der Waals surface area contributed by atoms with Crippen LogP contribution in [0.5, 0.6) is 11.5 Å². The Labute approximate surface area is 425 Å². The molecule has 0 unspecified atom stereocenters. The molecular weight excluding hydrogens is 1040 g/mol. The molecule has 0 saturated carbocycles. The predicted molar refractivity (Wildman–Crippen MR) is 283 cm³/mol. The van der Waals surface area contributed by atoms with Gasteiger partial charge in [-0.2, -0.15) is 18.8 Å². The maximum atomic E-state index is 9.35. The number of benzene rings is 9. The van der Waals surface area contributed by atoms with Crippen LogP contribution in [0.4, 0.5) is 34.3 Å². The number of aromatic nitrogens is 3. The number of pyridine rings is 1. The van der Waals surface area contributed by atoms with Crippen molar-refractivity contribution in [2.24, 2.45) is 0 Å². The summed E-state index contributed by atoms with van der Waals surface area (Å²) >= 11 is 0. The van der Waals surface area contributed by atoms with Crippen LogP contribution in [0.15, 0.2) is 219 Å². The Hall–Kier alpha value is -8.38. The number of hydrogen-bond donors (Lipinski definition) is 0. The van der Waals surface area contributed by atoms with E-state index >= 15 is 0 Å². The van der Waals surface area contributed by atoms with Gasteiger partial charge in [0.1, 0.15) is 5.82 Å². The Bertz CT molecular complexity index is 3820. The smallest absolute Gasteiger partial charge is 0.135 e. The summed E-state index contributed by atoms with van der Waals surface area (Å²) in [5, 5.41) is 4.39. The van der Waals surface area contributed by atoms with E-state index in [9.17, 15) is 4.11 Å². The molecule has 0 N–H and O–H groups in total. The van der Waals surface area contributed by atoms with E-state index in [1.54, 1.807) is 12.3 Å². The van der Waals surface area contributed by atoms with Crippen LogP contribution in [-0.4, -0.2) is 21.2 Å². The number of nitrogens with zero attached hydrogens (tertiary/aromatic N) is 6. The standard InChI is InChI=1S/C62H43N6O.Pt/c1-42-37-61(66(43-19-4-3-5-20-43)45-22-17-24-47(39-45)69-46-23-16-21-44(38-46)65-41-64(2)57-33-14-15-34-58(57)65)63-40-52(42)62-59(67-53-29-10-6-25-48(53)49-26-7-11-30-54(49)67)35-18-36-60(62)68-55-31-12-8-27-50(55)51-28-9-13-32-56(51)68;/h3-37,40-41H,1-2H3;/q-3;/i1D3;. The minimum Gasteiger partial charge on any atom is -0.509 e. The average molecular weight is 1090 g/mol. The zero-order valence-corrected chi connectivity index (χ0v) is 40.0. The fourth-order valence-electron chi connectivity index (χ4n) is 10.1. The van der Waals surface area contributed by atoms with Crippen molar-refractivity contribution >= 4 is 77.9 Å². The maximum absolute atomic E-state index is 9.35. The predicted octanol–water partition coefficient (Wildman–Crippen LogP) is 15.8. The third-order valence-corrected chi connectivity index (χ3v) is 13.1. The first-order valence-corrected chi connectivity index (χ1v) is 22.9. The molecule has 1 aliphatic heterocycles. The van der Waals surface area contributed by atoms with Crippen LogP contribution in [-0.2, 0) is 21.1 Å². The second kappa shape index (κ2) is 17.6. The molecule has 0 bridgehead atoms. The van der Waals surface area contributed by atoms with E-state index in [0.717, 1.165) is 83.3 Å². The molecule has 340 valence electrons. The van der Waals surface area contributed by atoms with Gasteiger partial charge in [0.25, 0.3) is 0 Å². The minimum absolute atomic E-state index is 0. The van der Waals surface area contributed by atoms with E-state index in [4.69, 9.17) is 9.72 Å². The van der Waals surface area contributed by atoms with Crippen molar-refractivity contribution in [1.82, 2.24) is 14.1 Å². The Balaban J connectivity index is 0.00000543. The first-order valence-electron chi connectivity index (χ1n) is 24.4. The zero-order chi connectivity index (χ0) is 48.5. The molecule has 0 amide bonds. The fourth-order valence-corrected chi connectivity index (χ4v) is 10.1. The Kier molecular flexibility index (Phi) is 9.96. The number of para-hydroxylation sites is 7. The molecule has 0 radical (unpaired) electrons. The van der Waals surface area contributed by atoms with Crippen LogP contribution >= 0.6 is 0 Å². The molecule has 9 aromatic carbocycles. The van der Waals surface area contributed by atoms with E-state index < -0.39 is 6.85 Å². The van der Waals surface area contributed by atoms with Gasteiger partial charge in [-0.1, -0.05) is 115 Å². The number of ether oxygens (including phenoxy) is 1. The molecule has 1 aliphatic rings. The SMILES string of the molecule is [2H]C([2H])([2H])c1cc(N(c2[c-]c(Oc3[c-]c(N4[CH-]N(C)c5ccccc54)ccc3)ccc2)c2ccccc2)ncc1-c1c(-n2c3ccccc3c3ccccc32)cccc1-n1c2ccccc2c2ccccc21.[Pt]. The summed E-state index contributed by atoms with van der Waals surface area (Å²) in [4.78, 5) is 11.3. The summed E-state index contributed by atoms with van der Waals surface area (Å²) in [5.41, 5.74) is 11.4. The third-order valence-electron chi connectivity index (χ3n) is 13.1. The first-order chi connectivity index (χ1) is 35.3. The molecule has 13 rings (SSSR count). The largest absolute Gasteiger partial charge is 0.509 e. The minimum atomic E-state index is -2.58. The van der Waals surface area contributed by atoms with Crippen molar-refractivity contribution in [2.75, 3.05) is 21.7 Å². The summed E-state index contributed by atoms with van der Waals surface area (Å²) in [5.74, 6) is 1.37. The zero-order valence-electron chi connectivity index (χ0n) is 40.8. The van der Waals surface area contributed by atoms with Crippen LogP contribution in [0.25, 0.3) is 66.1 Å². The molecule has 12 aromatic rings. The monoisotopic (exact) mass is 1090 g/mol. The molecule has 0 fully saturated rings. The summed E-state index contributed by atoms with van der Waals surface area (Å²) in [6, 6.07) is 78.0. The van der Waals surface area contributed by atoms with Gasteiger partial charge < -0.3 is 28.6 Å². The van der Waals surface area contributed by atoms with Crippen molar-refractivity contribution in [2.45, 2.75) is 6.85 Å². The van der Waals surface area contributed by atoms with Crippen LogP contribution < -0.4 is 19.4 Å². The van der Waals surface area contributed by atoms with E-state index in [2.05, 4.69) is 134 Å². The molecule has 8 heteroatoms. The van der Waals surface area contributed by atoms with E-state index in [0.29, 0.717) is 28.6 Å². The summed E-state index contributed by atoms with van der Waals surface area (Å²) in [6.07, 6.45) is 1.74. The number of hydrogen-bond acceptors (Lipinski definition) is 5. The summed E-state index contributed by atoms with van der Waals surface area (Å²) in [6.45, 7) is -0.552. The Morgan fingerprint density at radius 2 is 1.03 bits per heavy atom. The van der Waals surface area contributed by atoms with Gasteiger partial charge in [0.2, 0.25) is 0 Å². The third kappa shape index (κ3) is 7.12. The average Bonchev–Trinajstić information content (AvgIpc) is 4.06. The number of anilines is 6. The van der Waals surface area contributed by atoms with Crippen LogP contribution in [0.3, 0.4) is 0 Å². The number of rotatable bonds is 9. The van der Waals surface area contributed by atoms with Gasteiger partial charge in [-0.25, -0.2) is 4.98 Å². The molecule has 3 aromatic heterocycles. The maximum Gasteiger partial charge on any atom is 0.135 e. The van der Waals surface area contributed by atoms with Crippen molar-refractivity contribution in [1.29, 1.82) is 0 Å². The van der Waals surface area contributed by atoms with Crippen molar-refractivity contribution in [3.8, 4) is 34.0 Å². The first kappa shape index (κ1) is 39.6. The van der Waals surface area contributed by atoms with Gasteiger partial charge in [0.15, 0.2) is 0 Å². The van der Waals surface area contributed by atoms with Gasteiger partial charge in [-0.15, -0.1) is 42.1 Å². The van der Waals surface area contributed by atoms with Gasteiger partial charge in [0, 0.05) is 92.6 Å². The van der Waals surface area contributed by atoms with E-state index in [1.807, 2.05) is 122 Å². The molecule has 0 spiro atoms. The summed E-state index contributed by atoms with van der Waals surface area (Å²) in [7, 11) is 2.03. The second-order valence-corrected chi connectivity index (χ2v) is 17.2. The molecule has 0 atom stereocenters. The molecule has 0 aliphatic carbocycles. The van der Waals surface area contributed by atoms with E-state index in [-0.39, 0.29) is 26.6 Å². The topological polar surface area (TPSA) is 41.7 Å². The second-order valence-electron chi connectivity index (χ2n) is 17.2. The number of fused-ring (bicyclic) bond motifs is 7. The molecule has 7 nitrogen and oxygen atoms in total. The molecular formula is C62H43N6OPt-3. The van der Waals surface area contributed by atoms with Crippen molar-refractivity contribution < 1.29 is 29.9 Å². The summed E-state index contributed by atoms with van der Waals surface area (Å²) < 4.78 is 39.1. The molecule has 4 heterocycles. The van der Waals surface area contributed by atoms with Crippen molar-refractivity contribution in [3.05, 3.63) is 243 Å². The van der Waals surface area contributed by atoms with Gasteiger partial charge in [-0.05, 0) is 86.2 Å². The molecule has 0 saturated heterocycles.